The Bertz CT molecular complexity index is 3780. The van der Waals surface area contributed by atoms with Crippen molar-refractivity contribution in [2.24, 2.45) is 0 Å². The number of benzene rings is 9. The number of hydrogen-bond donors (Lipinski definition) is 0. The van der Waals surface area contributed by atoms with Crippen molar-refractivity contribution < 1.29 is 9.15 Å². The van der Waals surface area contributed by atoms with Crippen LogP contribution in [0.4, 0.5) is 17.1 Å². The topological polar surface area (TPSA) is 51.4 Å². The average molecular weight is 834 g/mol. The van der Waals surface area contributed by atoms with E-state index in [-0.39, 0.29) is 5.41 Å². The first kappa shape index (κ1) is 36.2. The molecule has 65 heavy (non-hydrogen) atoms. The van der Waals surface area contributed by atoms with E-state index >= 15 is 0 Å². The number of fused-ring (bicyclic) bond motifs is 16. The number of furan rings is 1. The summed E-state index contributed by atoms with van der Waals surface area (Å²) in [6, 6.07) is 69.8. The number of anilines is 3. The van der Waals surface area contributed by atoms with E-state index < -0.39 is 5.41 Å². The molecule has 306 valence electrons. The second kappa shape index (κ2) is 13.1. The summed E-state index contributed by atoms with van der Waals surface area (Å²) >= 11 is 0. The zero-order chi connectivity index (χ0) is 43.0. The molecule has 2 aliphatic carbocycles. The molecule has 0 amide bonds. The Kier molecular flexibility index (Phi) is 7.32. The lowest BCUT2D eigenvalue weighted by Gasteiger charge is -2.40. The van der Waals surface area contributed by atoms with E-state index in [1.54, 1.807) is 0 Å². The van der Waals surface area contributed by atoms with Crippen molar-refractivity contribution in [3.63, 3.8) is 0 Å². The molecule has 0 atom stereocenters. The molecule has 0 radical (unpaired) electrons. The summed E-state index contributed by atoms with van der Waals surface area (Å²) in [7, 11) is 0. The van der Waals surface area contributed by atoms with Crippen molar-refractivity contribution in [3.05, 3.63) is 234 Å². The molecule has 0 bridgehead atoms. The van der Waals surface area contributed by atoms with Gasteiger partial charge in [-0.1, -0.05) is 141 Å². The minimum Gasteiger partial charge on any atom is -0.457 e. The molecular formula is C60H39N3O2. The van der Waals surface area contributed by atoms with Crippen LogP contribution in [0, 0.1) is 0 Å². The first-order chi connectivity index (χ1) is 32.0. The van der Waals surface area contributed by atoms with Crippen LogP contribution < -0.4 is 9.64 Å². The Morgan fingerprint density at radius 3 is 1.82 bits per heavy atom. The van der Waals surface area contributed by atoms with Gasteiger partial charge in [-0.2, -0.15) is 0 Å². The maximum Gasteiger partial charge on any atom is 0.146 e. The SMILES string of the molecule is CC1(C)c2ccccc2-c2ccc(N(c3ccc4c(c3)C3(c5ccccc5O4)c4ccccc4-c4ccccc43)c3ccc(-c4cnc5ccccc5n4)c4oc5ccccc5c34)cc21. The normalized spacial score (nSPS) is 14.4. The summed E-state index contributed by atoms with van der Waals surface area (Å²) in [6.07, 6.45) is 1.86. The van der Waals surface area contributed by atoms with Crippen LogP contribution in [-0.2, 0) is 10.8 Å². The van der Waals surface area contributed by atoms with Crippen LogP contribution in [0.3, 0.4) is 0 Å². The predicted octanol–water partition coefficient (Wildman–Crippen LogP) is 15.4. The van der Waals surface area contributed by atoms with Gasteiger partial charge in [0.25, 0.3) is 0 Å². The van der Waals surface area contributed by atoms with Gasteiger partial charge in [0.1, 0.15) is 22.7 Å². The van der Waals surface area contributed by atoms with E-state index in [1.165, 1.54) is 44.5 Å². The van der Waals surface area contributed by atoms with Crippen molar-refractivity contribution in [3.8, 4) is 45.0 Å². The van der Waals surface area contributed by atoms with Crippen LogP contribution in [0.25, 0.3) is 66.5 Å². The second-order valence-electron chi connectivity index (χ2n) is 18.0. The molecule has 3 heterocycles. The minimum atomic E-state index is -0.628. The van der Waals surface area contributed by atoms with Gasteiger partial charge in [-0.3, -0.25) is 4.98 Å². The zero-order valence-electron chi connectivity index (χ0n) is 35.7. The number of aromatic nitrogens is 2. The Hall–Kier alpha value is -8.28. The predicted molar refractivity (Wildman–Crippen MR) is 262 cm³/mol. The summed E-state index contributed by atoms with van der Waals surface area (Å²) < 4.78 is 13.9. The Morgan fingerprint density at radius 2 is 1.03 bits per heavy atom. The zero-order valence-corrected chi connectivity index (χ0v) is 35.7. The standard InChI is InChI=1S/C60H39N3O2/c1-59(2)44-19-7-3-15-38(44)41-29-27-36(33-48(41)59)63(53-31-30-42(52-35-61-50-23-11-12-24-51(50)62-52)58-57(53)43-18-6-13-25-54(43)65-58)37-28-32-56-49(34-37)60(47-22-10-14-26-55(47)64-56)45-20-8-4-16-39(45)40-17-5-9-21-46(40)60/h3-35H,1-2H3. The number of ether oxygens (including phenoxy) is 1. The summed E-state index contributed by atoms with van der Waals surface area (Å²) in [6.45, 7) is 4.69. The van der Waals surface area contributed by atoms with Crippen LogP contribution in [0.15, 0.2) is 205 Å². The molecule has 11 aromatic rings. The quantitative estimate of drug-likeness (QED) is 0.177. The fourth-order valence-corrected chi connectivity index (χ4v) is 11.5. The lowest BCUT2D eigenvalue weighted by atomic mass is 9.66. The molecule has 0 N–H and O–H groups in total. The van der Waals surface area contributed by atoms with Crippen LogP contribution in [-0.4, -0.2) is 9.97 Å². The Balaban J connectivity index is 1.07. The summed E-state index contributed by atoms with van der Waals surface area (Å²) in [4.78, 5) is 12.4. The monoisotopic (exact) mass is 833 g/mol. The Labute approximate surface area is 375 Å². The molecule has 0 unspecified atom stereocenters. The summed E-state index contributed by atoms with van der Waals surface area (Å²) in [5.41, 5.74) is 19.5. The van der Waals surface area contributed by atoms with E-state index in [2.05, 4.69) is 183 Å². The summed E-state index contributed by atoms with van der Waals surface area (Å²) in [5.74, 6) is 1.71. The van der Waals surface area contributed by atoms with Crippen molar-refractivity contribution >= 4 is 50.0 Å². The van der Waals surface area contributed by atoms with Crippen LogP contribution in [0.2, 0.25) is 0 Å². The van der Waals surface area contributed by atoms with Gasteiger partial charge < -0.3 is 14.1 Å². The molecule has 5 heteroatoms. The first-order valence-electron chi connectivity index (χ1n) is 22.3. The van der Waals surface area contributed by atoms with E-state index in [1.807, 2.05) is 36.5 Å². The molecule has 0 saturated carbocycles. The fourth-order valence-electron chi connectivity index (χ4n) is 11.5. The third-order valence-electron chi connectivity index (χ3n) is 14.4. The van der Waals surface area contributed by atoms with E-state index in [0.29, 0.717) is 0 Å². The lowest BCUT2D eigenvalue weighted by Crippen LogP contribution is -2.32. The molecular weight excluding hydrogens is 795 g/mol. The third-order valence-corrected chi connectivity index (χ3v) is 14.4. The maximum absolute atomic E-state index is 6.93. The summed E-state index contributed by atoms with van der Waals surface area (Å²) in [5, 5.41) is 2.03. The minimum absolute atomic E-state index is 0.210. The number of nitrogens with zero attached hydrogens (tertiary/aromatic N) is 3. The highest BCUT2D eigenvalue weighted by molar-refractivity contribution is 6.17. The van der Waals surface area contributed by atoms with Gasteiger partial charge in [-0.25, -0.2) is 4.98 Å². The van der Waals surface area contributed by atoms with E-state index in [0.717, 1.165) is 83.9 Å². The van der Waals surface area contributed by atoms with Crippen molar-refractivity contribution in [1.29, 1.82) is 0 Å². The molecule has 0 saturated heterocycles. The number of para-hydroxylation sites is 4. The first-order valence-corrected chi connectivity index (χ1v) is 22.3. The van der Waals surface area contributed by atoms with E-state index in [9.17, 15) is 0 Å². The van der Waals surface area contributed by atoms with Crippen LogP contribution in [0.1, 0.15) is 47.2 Å². The van der Waals surface area contributed by atoms with Gasteiger partial charge in [0.05, 0.1) is 39.4 Å². The van der Waals surface area contributed by atoms with Gasteiger partial charge >= 0.3 is 0 Å². The highest BCUT2D eigenvalue weighted by atomic mass is 16.5. The molecule has 2 aromatic heterocycles. The molecule has 9 aromatic carbocycles. The van der Waals surface area contributed by atoms with E-state index in [4.69, 9.17) is 19.1 Å². The second-order valence-corrected chi connectivity index (χ2v) is 18.0. The number of rotatable bonds is 4. The fraction of sp³-hybridized carbons (Fsp3) is 0.0667. The number of hydrogen-bond acceptors (Lipinski definition) is 5. The van der Waals surface area contributed by atoms with Gasteiger partial charge in [-0.05, 0) is 111 Å². The smallest absolute Gasteiger partial charge is 0.146 e. The molecule has 5 nitrogen and oxygen atoms in total. The maximum atomic E-state index is 6.93. The average Bonchev–Trinajstić information content (AvgIpc) is 3.96. The molecule has 1 aliphatic heterocycles. The third kappa shape index (κ3) is 4.87. The van der Waals surface area contributed by atoms with Crippen LogP contribution in [0.5, 0.6) is 11.5 Å². The molecule has 14 rings (SSSR count). The molecule has 0 fully saturated rings. The highest BCUT2D eigenvalue weighted by Crippen LogP contribution is 2.63. The van der Waals surface area contributed by atoms with Crippen molar-refractivity contribution in [2.45, 2.75) is 24.7 Å². The van der Waals surface area contributed by atoms with Gasteiger partial charge in [0.15, 0.2) is 0 Å². The van der Waals surface area contributed by atoms with Gasteiger partial charge in [-0.15, -0.1) is 0 Å². The van der Waals surface area contributed by atoms with Gasteiger partial charge in [0, 0.05) is 38.9 Å². The lowest BCUT2D eigenvalue weighted by molar-refractivity contribution is 0.436. The van der Waals surface area contributed by atoms with Gasteiger partial charge in [0.2, 0.25) is 0 Å². The van der Waals surface area contributed by atoms with Crippen LogP contribution >= 0.6 is 0 Å². The molecule has 3 aliphatic rings. The highest BCUT2D eigenvalue weighted by Gasteiger charge is 2.51. The Morgan fingerprint density at radius 1 is 0.462 bits per heavy atom. The largest absolute Gasteiger partial charge is 0.457 e. The van der Waals surface area contributed by atoms with Crippen molar-refractivity contribution in [1.82, 2.24) is 9.97 Å². The van der Waals surface area contributed by atoms with Crippen molar-refractivity contribution in [2.75, 3.05) is 4.90 Å². The molecule has 1 spiro atoms.